The minimum Gasteiger partial charge on any atom is -0.490 e. The van der Waals surface area contributed by atoms with Gasteiger partial charge in [0.25, 0.3) is 10.0 Å². The molecule has 2 aromatic rings. The van der Waals surface area contributed by atoms with E-state index in [1.54, 1.807) is 36.4 Å². The molecule has 0 amide bonds. The molecule has 0 aromatic heterocycles. The van der Waals surface area contributed by atoms with Crippen LogP contribution < -0.4 is 9.04 Å². The van der Waals surface area contributed by atoms with Gasteiger partial charge in [0.2, 0.25) is 0 Å². The quantitative estimate of drug-likeness (QED) is 0.816. The van der Waals surface area contributed by atoms with Gasteiger partial charge in [-0.15, -0.1) is 0 Å². The summed E-state index contributed by atoms with van der Waals surface area (Å²) in [7, 11) is -3.58. The summed E-state index contributed by atoms with van der Waals surface area (Å²) in [5.41, 5.74) is 0.575. The van der Waals surface area contributed by atoms with Gasteiger partial charge in [0, 0.05) is 13.0 Å². The number of hydrogen-bond donors (Lipinski definition) is 0. The molecule has 0 radical (unpaired) electrons. The van der Waals surface area contributed by atoms with E-state index in [2.05, 4.69) is 15.9 Å². The molecule has 0 N–H and O–H groups in total. The first kappa shape index (κ1) is 14.4. The summed E-state index contributed by atoms with van der Waals surface area (Å²) >= 11 is 3.42. The van der Waals surface area contributed by atoms with E-state index in [0.717, 1.165) is 4.47 Å². The van der Waals surface area contributed by atoms with Crippen molar-refractivity contribution in [3.63, 3.8) is 0 Å². The number of nitrogens with zero attached hydrogens (tertiary/aromatic N) is 1. The van der Waals surface area contributed by atoms with Crippen LogP contribution in [0, 0.1) is 0 Å². The Hall–Kier alpha value is -1.53. The second-order valence-electron chi connectivity index (χ2n) is 4.68. The molecular formula is C15H14BrNO3S. The van der Waals surface area contributed by atoms with E-state index >= 15 is 0 Å². The molecule has 1 aliphatic heterocycles. The second kappa shape index (κ2) is 5.69. The Morgan fingerprint density at radius 1 is 1.05 bits per heavy atom. The molecule has 0 fully saturated rings. The van der Waals surface area contributed by atoms with Crippen molar-refractivity contribution in [3.05, 3.63) is 53.0 Å². The van der Waals surface area contributed by atoms with Gasteiger partial charge >= 0.3 is 0 Å². The highest BCUT2D eigenvalue weighted by molar-refractivity contribution is 9.10. The maximum absolute atomic E-state index is 12.9. The van der Waals surface area contributed by atoms with Crippen LogP contribution in [0.5, 0.6) is 5.75 Å². The molecule has 0 spiro atoms. The molecule has 1 aliphatic rings. The van der Waals surface area contributed by atoms with E-state index in [0.29, 0.717) is 31.0 Å². The summed E-state index contributed by atoms with van der Waals surface area (Å²) < 4.78 is 33.6. The fourth-order valence-electron chi connectivity index (χ4n) is 2.31. The van der Waals surface area contributed by atoms with Crippen LogP contribution in [0.1, 0.15) is 6.42 Å². The van der Waals surface area contributed by atoms with Crippen molar-refractivity contribution in [3.8, 4) is 5.75 Å². The third-order valence-corrected chi connectivity index (χ3v) is 5.75. The van der Waals surface area contributed by atoms with Gasteiger partial charge in [0.1, 0.15) is 0 Å². The maximum atomic E-state index is 12.9. The average Bonchev–Trinajstić information content (AvgIpc) is 2.72. The molecular weight excluding hydrogens is 354 g/mol. The highest BCUT2D eigenvalue weighted by Crippen LogP contribution is 2.39. The molecule has 3 rings (SSSR count). The zero-order valence-electron chi connectivity index (χ0n) is 11.2. The number of anilines is 1. The molecule has 6 heteroatoms. The zero-order valence-corrected chi connectivity index (χ0v) is 13.6. The Balaban J connectivity index is 2.14. The summed E-state index contributed by atoms with van der Waals surface area (Å²) in [4.78, 5) is 0.290. The Bertz CT molecular complexity index is 747. The standard InChI is InChI=1S/C15H14BrNO3S/c16-13-8-4-9-14-15(13)20-11-5-10-17(14)21(18,19)12-6-2-1-3-7-12/h1-4,6-9H,5,10-11H2. The van der Waals surface area contributed by atoms with Crippen molar-refractivity contribution in [2.45, 2.75) is 11.3 Å². The number of fused-ring (bicyclic) bond motifs is 1. The molecule has 110 valence electrons. The maximum Gasteiger partial charge on any atom is 0.264 e. The summed E-state index contributed by atoms with van der Waals surface area (Å²) in [5, 5.41) is 0. The summed E-state index contributed by atoms with van der Waals surface area (Å²) in [5.74, 6) is 0.578. The topological polar surface area (TPSA) is 46.6 Å². The van der Waals surface area contributed by atoms with Gasteiger partial charge in [-0.1, -0.05) is 24.3 Å². The van der Waals surface area contributed by atoms with E-state index in [9.17, 15) is 8.42 Å². The number of benzene rings is 2. The van der Waals surface area contributed by atoms with Crippen LogP contribution in [0.15, 0.2) is 57.9 Å². The lowest BCUT2D eigenvalue weighted by molar-refractivity contribution is 0.321. The first-order chi connectivity index (χ1) is 10.1. The summed E-state index contributed by atoms with van der Waals surface area (Å²) in [6, 6.07) is 13.9. The monoisotopic (exact) mass is 367 g/mol. The van der Waals surface area contributed by atoms with Crippen molar-refractivity contribution >= 4 is 31.6 Å². The lowest BCUT2D eigenvalue weighted by Gasteiger charge is -2.23. The van der Waals surface area contributed by atoms with Crippen molar-refractivity contribution in [1.29, 1.82) is 0 Å². The highest BCUT2D eigenvalue weighted by Gasteiger charge is 2.29. The number of para-hydroxylation sites is 1. The third kappa shape index (κ3) is 2.65. The van der Waals surface area contributed by atoms with Crippen LogP contribution in [0.25, 0.3) is 0 Å². The van der Waals surface area contributed by atoms with Gasteiger partial charge in [-0.2, -0.15) is 0 Å². The third-order valence-electron chi connectivity index (χ3n) is 3.30. The van der Waals surface area contributed by atoms with E-state index < -0.39 is 10.0 Å². The second-order valence-corrected chi connectivity index (χ2v) is 7.40. The zero-order chi connectivity index (χ0) is 14.9. The van der Waals surface area contributed by atoms with Gasteiger partial charge < -0.3 is 4.74 Å². The first-order valence-corrected chi connectivity index (χ1v) is 8.83. The van der Waals surface area contributed by atoms with E-state index in [4.69, 9.17) is 4.74 Å². The smallest absolute Gasteiger partial charge is 0.264 e. The van der Waals surface area contributed by atoms with Crippen LogP contribution in [-0.2, 0) is 10.0 Å². The van der Waals surface area contributed by atoms with E-state index in [1.807, 2.05) is 12.1 Å². The Morgan fingerprint density at radius 3 is 2.57 bits per heavy atom. The predicted molar refractivity (Wildman–Crippen MR) is 85.2 cm³/mol. The van der Waals surface area contributed by atoms with Crippen LogP contribution >= 0.6 is 15.9 Å². The van der Waals surface area contributed by atoms with Crippen molar-refractivity contribution in [2.24, 2.45) is 0 Å². The number of rotatable bonds is 2. The van der Waals surface area contributed by atoms with Crippen LogP contribution in [-0.4, -0.2) is 21.6 Å². The number of hydrogen-bond acceptors (Lipinski definition) is 3. The molecule has 2 aromatic carbocycles. The molecule has 0 saturated carbocycles. The molecule has 0 saturated heterocycles. The summed E-state index contributed by atoms with van der Waals surface area (Å²) in [6.45, 7) is 0.900. The lowest BCUT2D eigenvalue weighted by Crippen LogP contribution is -2.31. The van der Waals surface area contributed by atoms with Gasteiger partial charge in [-0.3, -0.25) is 4.31 Å². The molecule has 0 bridgehead atoms. The number of sulfonamides is 1. The minimum absolute atomic E-state index is 0.290. The van der Waals surface area contributed by atoms with Crippen molar-refractivity contribution in [2.75, 3.05) is 17.5 Å². The fourth-order valence-corrected chi connectivity index (χ4v) is 4.31. The minimum atomic E-state index is -3.58. The van der Waals surface area contributed by atoms with E-state index in [-0.39, 0.29) is 4.90 Å². The number of ether oxygens (including phenoxy) is 1. The van der Waals surface area contributed by atoms with Gasteiger partial charge in [-0.25, -0.2) is 8.42 Å². The van der Waals surface area contributed by atoms with Crippen LogP contribution in [0.2, 0.25) is 0 Å². The molecule has 21 heavy (non-hydrogen) atoms. The van der Waals surface area contributed by atoms with Gasteiger partial charge in [0.05, 0.1) is 21.7 Å². The largest absolute Gasteiger partial charge is 0.490 e. The fraction of sp³-hybridized carbons (Fsp3) is 0.200. The van der Waals surface area contributed by atoms with Crippen LogP contribution in [0.3, 0.4) is 0 Å². The first-order valence-electron chi connectivity index (χ1n) is 6.60. The normalized spacial score (nSPS) is 15.0. The Labute approximate surface area is 132 Å². The average molecular weight is 368 g/mol. The predicted octanol–water partition coefficient (Wildman–Crippen LogP) is 3.43. The molecule has 4 nitrogen and oxygen atoms in total. The molecule has 0 unspecified atom stereocenters. The van der Waals surface area contributed by atoms with E-state index in [1.165, 1.54) is 4.31 Å². The Kier molecular flexibility index (Phi) is 3.91. The molecule has 1 heterocycles. The summed E-state index contributed by atoms with van der Waals surface area (Å²) in [6.07, 6.45) is 0.646. The van der Waals surface area contributed by atoms with Crippen molar-refractivity contribution < 1.29 is 13.2 Å². The highest BCUT2D eigenvalue weighted by atomic mass is 79.9. The SMILES string of the molecule is O=S(=O)(c1ccccc1)N1CCCOc2c(Br)cccc21. The number of halogens is 1. The molecule has 0 aliphatic carbocycles. The van der Waals surface area contributed by atoms with Crippen LogP contribution in [0.4, 0.5) is 5.69 Å². The van der Waals surface area contributed by atoms with Gasteiger partial charge in [-0.05, 0) is 40.2 Å². The van der Waals surface area contributed by atoms with Crippen molar-refractivity contribution in [1.82, 2.24) is 0 Å². The lowest BCUT2D eigenvalue weighted by atomic mass is 10.3. The van der Waals surface area contributed by atoms with Gasteiger partial charge in [0.15, 0.2) is 5.75 Å². The Morgan fingerprint density at radius 2 is 1.81 bits per heavy atom. The molecule has 0 atom stereocenters.